The van der Waals surface area contributed by atoms with Crippen molar-refractivity contribution >= 4 is 60.8 Å². The molecule has 4 nitrogen and oxygen atoms in total. The minimum absolute atomic E-state index is 0.0546. The summed E-state index contributed by atoms with van der Waals surface area (Å²) < 4.78 is 1.04. The number of carbonyl (C=O) groups is 1. The van der Waals surface area contributed by atoms with Crippen molar-refractivity contribution in [3.63, 3.8) is 0 Å². The summed E-state index contributed by atoms with van der Waals surface area (Å²) in [5.41, 5.74) is 4.16. The zero-order chi connectivity index (χ0) is 19.5. The van der Waals surface area contributed by atoms with Gasteiger partial charge in [0.25, 0.3) is 0 Å². The first-order valence-corrected chi connectivity index (χ1v) is 11.2. The number of anilines is 1. The van der Waals surface area contributed by atoms with Gasteiger partial charge >= 0.3 is 0 Å². The first-order chi connectivity index (χ1) is 13.6. The van der Waals surface area contributed by atoms with Crippen molar-refractivity contribution < 1.29 is 4.79 Å². The Morgan fingerprint density at radius 1 is 1.11 bits per heavy atom. The van der Waals surface area contributed by atoms with Gasteiger partial charge in [0.05, 0.1) is 11.1 Å². The molecule has 0 aliphatic carbocycles. The van der Waals surface area contributed by atoms with Gasteiger partial charge in [-0.3, -0.25) is 4.79 Å². The molecule has 0 radical (unpaired) electrons. The number of hydrogen-bond acceptors (Lipinski definition) is 5. The van der Waals surface area contributed by atoms with Crippen molar-refractivity contribution in [1.82, 2.24) is 9.97 Å². The average Bonchev–Trinajstić information content (AvgIpc) is 3.13. The van der Waals surface area contributed by atoms with Crippen LogP contribution < -0.4 is 5.32 Å². The predicted octanol–water partition coefficient (Wildman–Crippen LogP) is 6.16. The molecule has 0 fully saturated rings. The molecule has 0 atom stereocenters. The van der Waals surface area contributed by atoms with E-state index in [0.29, 0.717) is 0 Å². The monoisotopic (exact) mass is 469 g/mol. The Kier molecular flexibility index (Phi) is 5.75. The lowest BCUT2D eigenvalue weighted by molar-refractivity contribution is -0.113. The number of hydrogen-bond donors (Lipinski definition) is 1. The fourth-order valence-corrected chi connectivity index (χ4v) is 4.82. The number of nitrogens with zero attached hydrogens (tertiary/aromatic N) is 2. The first-order valence-electron chi connectivity index (χ1n) is 8.57. The largest absolute Gasteiger partial charge is 0.325 e. The van der Waals surface area contributed by atoms with Gasteiger partial charge in [0.15, 0.2) is 0 Å². The quantitative estimate of drug-likeness (QED) is 0.280. The molecule has 2 aromatic heterocycles. The molecule has 0 saturated carbocycles. The number of thiophene rings is 1. The normalized spacial score (nSPS) is 10.9. The van der Waals surface area contributed by atoms with Gasteiger partial charge in [-0.1, -0.05) is 57.5 Å². The third-order valence-corrected chi connectivity index (χ3v) is 6.57. The van der Waals surface area contributed by atoms with Crippen LogP contribution in [0.2, 0.25) is 0 Å². The van der Waals surface area contributed by atoms with Crippen molar-refractivity contribution in [1.29, 1.82) is 0 Å². The molecule has 0 bridgehead atoms. The van der Waals surface area contributed by atoms with Gasteiger partial charge in [-0.25, -0.2) is 9.97 Å². The van der Waals surface area contributed by atoms with E-state index in [-0.39, 0.29) is 11.7 Å². The van der Waals surface area contributed by atoms with Crippen LogP contribution in [0.5, 0.6) is 0 Å². The summed E-state index contributed by atoms with van der Waals surface area (Å²) in [6.07, 6.45) is 1.56. The number of fused-ring (bicyclic) bond motifs is 1. The Bertz CT molecular complexity index is 1120. The van der Waals surface area contributed by atoms with Gasteiger partial charge in [0, 0.05) is 21.1 Å². The summed E-state index contributed by atoms with van der Waals surface area (Å²) in [7, 11) is 0. The third-order valence-electron chi connectivity index (χ3n) is 4.17. The second kappa shape index (κ2) is 8.43. The molecule has 0 unspecified atom stereocenters. The van der Waals surface area contributed by atoms with Gasteiger partial charge in [-0.2, -0.15) is 0 Å². The maximum Gasteiger partial charge on any atom is 0.234 e. The van der Waals surface area contributed by atoms with Gasteiger partial charge in [-0.05, 0) is 36.8 Å². The number of aryl methyl sites for hydroxylation is 1. The van der Waals surface area contributed by atoms with Gasteiger partial charge in [-0.15, -0.1) is 11.3 Å². The highest BCUT2D eigenvalue weighted by atomic mass is 79.9. The number of nitrogens with one attached hydrogen (secondary N) is 1. The van der Waals surface area contributed by atoms with Crippen molar-refractivity contribution in [2.45, 2.75) is 11.9 Å². The van der Waals surface area contributed by atoms with E-state index in [1.54, 1.807) is 17.7 Å². The van der Waals surface area contributed by atoms with Gasteiger partial charge < -0.3 is 5.32 Å². The molecule has 7 heteroatoms. The van der Waals surface area contributed by atoms with Crippen LogP contribution in [0, 0.1) is 6.92 Å². The van der Waals surface area contributed by atoms with Gasteiger partial charge in [0.1, 0.15) is 16.2 Å². The number of aromatic nitrogens is 2. The number of benzene rings is 2. The van der Waals surface area contributed by atoms with Gasteiger partial charge in [0.2, 0.25) is 5.91 Å². The first kappa shape index (κ1) is 19.1. The topological polar surface area (TPSA) is 54.9 Å². The van der Waals surface area contributed by atoms with Crippen molar-refractivity contribution in [3.8, 4) is 11.1 Å². The second-order valence-electron chi connectivity index (χ2n) is 6.22. The molecule has 2 heterocycles. The number of amides is 1. The number of carbonyl (C=O) groups excluding carboxylic acids is 1. The number of thioether (sulfide) groups is 1. The second-order valence-corrected chi connectivity index (χ2v) is 8.96. The lowest BCUT2D eigenvalue weighted by Gasteiger charge is -2.07. The van der Waals surface area contributed by atoms with E-state index in [1.165, 1.54) is 11.8 Å². The fraction of sp³-hybridized carbons (Fsp3) is 0.0952. The molecular formula is C21H16BrN3OS2. The molecule has 0 aliphatic rings. The Morgan fingerprint density at radius 2 is 1.86 bits per heavy atom. The van der Waals surface area contributed by atoms with E-state index >= 15 is 0 Å². The predicted molar refractivity (Wildman–Crippen MR) is 121 cm³/mol. The molecule has 140 valence electrons. The van der Waals surface area contributed by atoms with E-state index in [1.807, 2.05) is 43.3 Å². The van der Waals surface area contributed by atoms with Crippen LogP contribution in [0.25, 0.3) is 21.3 Å². The van der Waals surface area contributed by atoms with Crippen LogP contribution in [0.15, 0.2) is 69.7 Å². The molecular weight excluding hydrogens is 454 g/mol. The summed E-state index contributed by atoms with van der Waals surface area (Å²) in [6, 6.07) is 15.9. The fourth-order valence-electron chi connectivity index (χ4n) is 2.77. The van der Waals surface area contributed by atoms with Crippen molar-refractivity contribution in [3.05, 3.63) is 70.3 Å². The SMILES string of the molecule is Cc1ccc(NC(=O)CSc2ncnc3scc(-c4ccc(Br)cc4)c23)cc1. The van der Waals surface area contributed by atoms with Crippen LogP contribution in [-0.4, -0.2) is 21.6 Å². The van der Waals surface area contributed by atoms with E-state index in [0.717, 1.165) is 42.1 Å². The Hall–Kier alpha value is -2.22. The highest BCUT2D eigenvalue weighted by Gasteiger charge is 2.15. The molecule has 4 aromatic rings. The number of halogens is 1. The third kappa shape index (κ3) is 4.27. The highest BCUT2D eigenvalue weighted by Crippen LogP contribution is 2.38. The molecule has 0 saturated heterocycles. The zero-order valence-corrected chi connectivity index (χ0v) is 18.2. The summed E-state index contributed by atoms with van der Waals surface area (Å²) in [5.74, 6) is 0.233. The zero-order valence-electron chi connectivity index (χ0n) is 15.0. The van der Waals surface area contributed by atoms with E-state index in [2.05, 4.69) is 48.7 Å². The van der Waals surface area contributed by atoms with Crippen LogP contribution in [0.4, 0.5) is 5.69 Å². The lowest BCUT2D eigenvalue weighted by atomic mass is 10.1. The van der Waals surface area contributed by atoms with Crippen LogP contribution >= 0.6 is 39.0 Å². The summed E-state index contributed by atoms with van der Waals surface area (Å²) in [4.78, 5) is 22.1. The molecule has 28 heavy (non-hydrogen) atoms. The Balaban J connectivity index is 1.55. The molecule has 2 aromatic carbocycles. The summed E-state index contributed by atoms with van der Waals surface area (Å²) in [5, 5.41) is 6.85. The molecule has 0 spiro atoms. The summed E-state index contributed by atoms with van der Waals surface area (Å²) >= 11 is 6.49. The molecule has 4 rings (SSSR count). The van der Waals surface area contributed by atoms with E-state index in [9.17, 15) is 4.79 Å². The maximum absolute atomic E-state index is 12.4. The molecule has 1 amide bonds. The summed E-state index contributed by atoms with van der Waals surface area (Å²) in [6.45, 7) is 2.02. The highest BCUT2D eigenvalue weighted by molar-refractivity contribution is 9.10. The average molecular weight is 470 g/mol. The Labute approximate surface area is 179 Å². The lowest BCUT2D eigenvalue weighted by Crippen LogP contribution is -2.14. The number of rotatable bonds is 5. The van der Waals surface area contributed by atoms with E-state index < -0.39 is 0 Å². The van der Waals surface area contributed by atoms with Crippen molar-refractivity contribution in [2.75, 3.05) is 11.1 Å². The van der Waals surface area contributed by atoms with Crippen LogP contribution in [-0.2, 0) is 4.79 Å². The minimum atomic E-state index is -0.0546. The smallest absolute Gasteiger partial charge is 0.234 e. The van der Waals surface area contributed by atoms with Crippen molar-refractivity contribution in [2.24, 2.45) is 0 Å². The van der Waals surface area contributed by atoms with E-state index in [4.69, 9.17) is 0 Å². The minimum Gasteiger partial charge on any atom is -0.325 e. The van der Waals surface area contributed by atoms with Crippen LogP contribution in [0.3, 0.4) is 0 Å². The molecule has 0 aliphatic heterocycles. The van der Waals surface area contributed by atoms with Crippen LogP contribution in [0.1, 0.15) is 5.56 Å². The Morgan fingerprint density at radius 3 is 2.61 bits per heavy atom. The molecule has 1 N–H and O–H groups in total. The standard InChI is InChI=1S/C21H16BrN3OS2/c1-13-2-8-16(9-3-13)25-18(26)11-28-21-19-17(10-27-20(19)23-12-24-21)14-4-6-15(22)7-5-14/h2-10,12H,11H2,1H3,(H,25,26). The maximum atomic E-state index is 12.4.